The Labute approximate surface area is 147 Å². The molecular weight excluding hydrogens is 298 g/mol. The topological polar surface area (TPSA) is 52.8 Å². The Bertz CT molecular complexity index is 601. The number of aliphatic hydroxyl groups excluding tert-OH is 1. The van der Waals surface area contributed by atoms with Gasteiger partial charge in [-0.3, -0.25) is 4.99 Å². The molecule has 1 rings (SSSR count). The van der Waals surface area contributed by atoms with Gasteiger partial charge in [0.1, 0.15) is 5.75 Å². The number of aliphatic imine (C=N–C) groups is 1. The summed E-state index contributed by atoms with van der Waals surface area (Å²) in [4.78, 5) is 4.68. The largest absolute Gasteiger partial charge is 0.507 e. The second-order valence-corrected chi connectivity index (χ2v) is 9.13. The minimum Gasteiger partial charge on any atom is -0.507 e. The van der Waals surface area contributed by atoms with Gasteiger partial charge in [-0.1, -0.05) is 61.5 Å². The lowest BCUT2D eigenvalue weighted by Gasteiger charge is -2.28. The molecule has 0 spiro atoms. The summed E-state index contributed by atoms with van der Waals surface area (Å²) in [5.41, 5.74) is 3.49. The van der Waals surface area contributed by atoms with Crippen molar-refractivity contribution in [3.8, 4) is 5.75 Å². The first kappa shape index (κ1) is 20.7. The molecule has 0 heterocycles. The van der Waals surface area contributed by atoms with Gasteiger partial charge in [0.05, 0.1) is 12.6 Å². The first-order chi connectivity index (χ1) is 10.8. The van der Waals surface area contributed by atoms with E-state index in [0.717, 1.165) is 16.8 Å². The number of aliphatic hydroxyl groups is 1. The highest BCUT2D eigenvalue weighted by atomic mass is 16.3. The van der Waals surface area contributed by atoms with Crippen molar-refractivity contribution in [3.63, 3.8) is 0 Å². The summed E-state index contributed by atoms with van der Waals surface area (Å²) in [6.07, 6.45) is 0. The molecular formula is C21H35NO2. The predicted octanol–water partition coefficient (Wildman–Crippen LogP) is 4.81. The van der Waals surface area contributed by atoms with Crippen LogP contribution in [0.15, 0.2) is 17.1 Å². The monoisotopic (exact) mass is 333 g/mol. The van der Waals surface area contributed by atoms with Gasteiger partial charge in [0.15, 0.2) is 0 Å². The molecule has 1 atom stereocenters. The minimum atomic E-state index is -0.158. The van der Waals surface area contributed by atoms with Crippen molar-refractivity contribution in [2.24, 2.45) is 10.9 Å². The molecule has 0 bridgehead atoms. The molecule has 1 aromatic rings. The molecule has 0 fully saturated rings. The summed E-state index contributed by atoms with van der Waals surface area (Å²) in [5.74, 6) is 0.553. The third-order valence-corrected chi connectivity index (χ3v) is 4.49. The second-order valence-electron chi connectivity index (χ2n) is 9.13. The van der Waals surface area contributed by atoms with Crippen LogP contribution < -0.4 is 0 Å². The van der Waals surface area contributed by atoms with Crippen LogP contribution in [0.25, 0.3) is 0 Å². The lowest BCUT2D eigenvalue weighted by molar-refractivity contribution is 0.240. The molecule has 1 aromatic carbocycles. The lowest BCUT2D eigenvalue weighted by atomic mass is 9.78. The quantitative estimate of drug-likeness (QED) is 0.777. The molecule has 3 nitrogen and oxygen atoms in total. The van der Waals surface area contributed by atoms with E-state index >= 15 is 0 Å². The average molecular weight is 334 g/mol. The molecule has 0 saturated heterocycles. The molecule has 0 aromatic heterocycles. The SMILES string of the molecule is CC(=NC(CO)C(C)C)c1cc(C(C)(C)C)cc(C(C)(C)C)c1O. The maximum atomic E-state index is 10.9. The number of aromatic hydroxyl groups is 1. The summed E-state index contributed by atoms with van der Waals surface area (Å²) in [7, 11) is 0. The number of phenols is 1. The van der Waals surface area contributed by atoms with Gasteiger partial charge in [0, 0.05) is 16.8 Å². The Kier molecular flexibility index (Phi) is 6.26. The van der Waals surface area contributed by atoms with E-state index in [0.29, 0.717) is 5.75 Å². The van der Waals surface area contributed by atoms with Crippen LogP contribution in [0.4, 0.5) is 0 Å². The van der Waals surface area contributed by atoms with Crippen LogP contribution in [0.1, 0.15) is 79.0 Å². The fraction of sp³-hybridized carbons (Fsp3) is 0.667. The van der Waals surface area contributed by atoms with Crippen LogP contribution in [0, 0.1) is 5.92 Å². The van der Waals surface area contributed by atoms with Crippen molar-refractivity contribution >= 4 is 5.71 Å². The van der Waals surface area contributed by atoms with Crippen molar-refractivity contribution in [3.05, 3.63) is 28.8 Å². The molecule has 24 heavy (non-hydrogen) atoms. The minimum absolute atomic E-state index is 0.0147. The predicted molar refractivity (Wildman–Crippen MR) is 103 cm³/mol. The molecule has 2 N–H and O–H groups in total. The van der Waals surface area contributed by atoms with Gasteiger partial charge in [-0.05, 0) is 35.3 Å². The summed E-state index contributed by atoms with van der Waals surface area (Å²) in [5, 5.41) is 20.4. The maximum Gasteiger partial charge on any atom is 0.128 e. The van der Waals surface area contributed by atoms with Gasteiger partial charge in [-0.15, -0.1) is 0 Å². The summed E-state index contributed by atoms with van der Waals surface area (Å²) in [6, 6.07) is 4.00. The average Bonchev–Trinajstić information content (AvgIpc) is 2.41. The van der Waals surface area contributed by atoms with E-state index in [1.54, 1.807) is 0 Å². The Morgan fingerprint density at radius 1 is 1.04 bits per heavy atom. The van der Waals surface area contributed by atoms with Crippen molar-refractivity contribution in [1.29, 1.82) is 0 Å². The molecule has 0 amide bonds. The smallest absolute Gasteiger partial charge is 0.128 e. The van der Waals surface area contributed by atoms with Crippen LogP contribution in [0.2, 0.25) is 0 Å². The van der Waals surface area contributed by atoms with Gasteiger partial charge in [0.2, 0.25) is 0 Å². The van der Waals surface area contributed by atoms with E-state index in [9.17, 15) is 10.2 Å². The molecule has 0 aliphatic carbocycles. The van der Waals surface area contributed by atoms with Crippen LogP contribution in [0.3, 0.4) is 0 Å². The number of hydrogen-bond donors (Lipinski definition) is 2. The van der Waals surface area contributed by atoms with E-state index in [-0.39, 0.29) is 29.4 Å². The highest BCUT2D eigenvalue weighted by Gasteiger charge is 2.26. The molecule has 136 valence electrons. The number of nitrogens with zero attached hydrogens (tertiary/aromatic N) is 1. The van der Waals surface area contributed by atoms with Gasteiger partial charge < -0.3 is 10.2 Å². The molecule has 0 aliphatic rings. The van der Waals surface area contributed by atoms with E-state index < -0.39 is 0 Å². The Hall–Kier alpha value is -1.35. The van der Waals surface area contributed by atoms with Crippen molar-refractivity contribution in [2.75, 3.05) is 6.61 Å². The van der Waals surface area contributed by atoms with E-state index in [1.165, 1.54) is 5.56 Å². The number of rotatable bonds is 4. The van der Waals surface area contributed by atoms with E-state index in [4.69, 9.17) is 0 Å². The molecule has 3 heteroatoms. The van der Waals surface area contributed by atoms with Crippen LogP contribution in [-0.4, -0.2) is 28.6 Å². The first-order valence-corrected chi connectivity index (χ1v) is 8.82. The third-order valence-electron chi connectivity index (χ3n) is 4.49. The fourth-order valence-electron chi connectivity index (χ4n) is 2.63. The standard InChI is InChI=1S/C21H35NO2/c1-13(2)18(12-23)22-14(3)16-10-15(20(4,5)6)11-17(19(16)24)21(7,8)9/h10-11,13,18,23-24H,12H2,1-9H3. The van der Waals surface area contributed by atoms with Gasteiger partial charge in [0.25, 0.3) is 0 Å². The Morgan fingerprint density at radius 3 is 1.96 bits per heavy atom. The van der Waals surface area contributed by atoms with E-state index in [2.05, 4.69) is 52.6 Å². The fourth-order valence-corrected chi connectivity index (χ4v) is 2.63. The number of hydrogen-bond acceptors (Lipinski definition) is 3. The molecule has 1 unspecified atom stereocenters. The van der Waals surface area contributed by atoms with Crippen LogP contribution in [0.5, 0.6) is 5.75 Å². The summed E-state index contributed by atoms with van der Waals surface area (Å²) >= 11 is 0. The highest BCUT2D eigenvalue weighted by molar-refractivity contribution is 6.01. The molecule has 0 aliphatic heterocycles. The van der Waals surface area contributed by atoms with E-state index in [1.807, 2.05) is 26.8 Å². The Morgan fingerprint density at radius 2 is 1.58 bits per heavy atom. The van der Waals surface area contributed by atoms with Gasteiger partial charge in [-0.2, -0.15) is 0 Å². The first-order valence-electron chi connectivity index (χ1n) is 8.82. The maximum absolute atomic E-state index is 10.9. The summed E-state index contributed by atoms with van der Waals surface area (Å²) < 4.78 is 0. The second kappa shape index (κ2) is 7.26. The zero-order valence-corrected chi connectivity index (χ0v) is 16.9. The summed E-state index contributed by atoms with van der Waals surface area (Å²) in [6.45, 7) is 18.9. The van der Waals surface area contributed by atoms with Crippen molar-refractivity contribution in [2.45, 2.75) is 79.2 Å². The molecule has 0 radical (unpaired) electrons. The molecule has 0 saturated carbocycles. The number of phenolic OH excluding ortho intramolecular Hbond substituents is 1. The van der Waals surface area contributed by atoms with Crippen molar-refractivity contribution < 1.29 is 10.2 Å². The zero-order chi connectivity index (χ0) is 18.9. The van der Waals surface area contributed by atoms with Crippen LogP contribution >= 0.6 is 0 Å². The third kappa shape index (κ3) is 4.83. The zero-order valence-electron chi connectivity index (χ0n) is 16.9. The number of benzene rings is 1. The van der Waals surface area contributed by atoms with Gasteiger partial charge >= 0.3 is 0 Å². The van der Waals surface area contributed by atoms with Crippen LogP contribution in [-0.2, 0) is 10.8 Å². The normalized spacial score (nSPS) is 15.0. The van der Waals surface area contributed by atoms with Crippen molar-refractivity contribution in [1.82, 2.24) is 0 Å². The van der Waals surface area contributed by atoms with Gasteiger partial charge in [-0.25, -0.2) is 0 Å². The highest BCUT2D eigenvalue weighted by Crippen LogP contribution is 2.38. The lowest BCUT2D eigenvalue weighted by Crippen LogP contribution is -2.21. The Balaban J connectivity index is 3.60.